The number of rotatable bonds is 3. The molecule has 0 bridgehead atoms. The Balaban J connectivity index is 1.97. The molecule has 0 aliphatic rings. The van der Waals surface area contributed by atoms with Crippen LogP contribution in [0.3, 0.4) is 0 Å². The fraction of sp³-hybridized carbons (Fsp3) is 0.0714. The third kappa shape index (κ3) is 2.06. The zero-order chi connectivity index (χ0) is 13.2. The fourth-order valence-corrected chi connectivity index (χ4v) is 1.94. The van der Waals surface area contributed by atoms with Crippen LogP contribution in [0.1, 0.15) is 10.4 Å². The SMILES string of the molecule is O=C(Cn1cccnc1=O)c1coc2ccccc12. The van der Waals surface area contributed by atoms with Gasteiger partial charge < -0.3 is 4.42 Å². The maximum Gasteiger partial charge on any atom is 0.347 e. The second-order valence-corrected chi connectivity index (χ2v) is 4.10. The Morgan fingerprint density at radius 1 is 1.26 bits per heavy atom. The maximum atomic E-state index is 12.2. The third-order valence-corrected chi connectivity index (χ3v) is 2.88. The second-order valence-electron chi connectivity index (χ2n) is 4.10. The first-order valence-electron chi connectivity index (χ1n) is 5.76. The average Bonchev–Trinajstić information content (AvgIpc) is 2.85. The van der Waals surface area contributed by atoms with Crippen molar-refractivity contribution in [3.8, 4) is 0 Å². The van der Waals surface area contributed by atoms with Gasteiger partial charge in [0.1, 0.15) is 11.8 Å². The molecule has 0 N–H and O–H groups in total. The monoisotopic (exact) mass is 254 g/mol. The van der Waals surface area contributed by atoms with E-state index < -0.39 is 5.69 Å². The molecule has 3 rings (SSSR count). The highest BCUT2D eigenvalue weighted by Gasteiger charge is 2.14. The van der Waals surface area contributed by atoms with E-state index in [1.807, 2.05) is 18.2 Å². The second kappa shape index (κ2) is 4.53. The van der Waals surface area contributed by atoms with E-state index in [0.717, 1.165) is 5.39 Å². The van der Waals surface area contributed by atoms with Gasteiger partial charge in [0.2, 0.25) is 0 Å². The number of aromatic nitrogens is 2. The van der Waals surface area contributed by atoms with Gasteiger partial charge in [0, 0.05) is 17.8 Å². The number of Topliss-reactive ketones (excluding diaryl/α,β-unsaturated/α-hetero) is 1. The Morgan fingerprint density at radius 2 is 2.11 bits per heavy atom. The molecule has 1 aromatic carbocycles. The van der Waals surface area contributed by atoms with Crippen LogP contribution in [-0.2, 0) is 6.54 Å². The van der Waals surface area contributed by atoms with Gasteiger partial charge in [-0.2, -0.15) is 0 Å². The molecule has 0 aliphatic carbocycles. The van der Waals surface area contributed by atoms with E-state index in [1.54, 1.807) is 12.1 Å². The number of benzene rings is 1. The molecule has 0 atom stereocenters. The lowest BCUT2D eigenvalue weighted by Crippen LogP contribution is -2.25. The zero-order valence-corrected chi connectivity index (χ0v) is 9.95. The minimum Gasteiger partial charge on any atom is -0.464 e. The molecular formula is C14H10N2O3. The summed E-state index contributed by atoms with van der Waals surface area (Å²) in [7, 11) is 0. The Hall–Kier alpha value is -2.69. The summed E-state index contributed by atoms with van der Waals surface area (Å²) >= 11 is 0. The molecule has 94 valence electrons. The number of hydrogen-bond acceptors (Lipinski definition) is 4. The summed E-state index contributed by atoms with van der Waals surface area (Å²) in [5.41, 5.74) is 0.694. The minimum absolute atomic E-state index is 0.0454. The number of carbonyl (C=O) groups excluding carboxylic acids is 1. The van der Waals surface area contributed by atoms with Gasteiger partial charge in [-0.05, 0) is 12.1 Å². The third-order valence-electron chi connectivity index (χ3n) is 2.88. The normalized spacial score (nSPS) is 10.7. The van der Waals surface area contributed by atoms with Gasteiger partial charge in [0.15, 0.2) is 5.78 Å². The molecule has 5 nitrogen and oxygen atoms in total. The molecule has 19 heavy (non-hydrogen) atoms. The van der Waals surface area contributed by atoms with Crippen molar-refractivity contribution in [3.05, 3.63) is 65.0 Å². The molecule has 0 unspecified atom stereocenters. The van der Waals surface area contributed by atoms with Crippen LogP contribution in [0.15, 0.2) is 58.2 Å². The predicted octanol–water partition coefficient (Wildman–Crippen LogP) is 1.87. The van der Waals surface area contributed by atoms with Crippen molar-refractivity contribution in [1.82, 2.24) is 9.55 Å². The van der Waals surface area contributed by atoms with Crippen LogP contribution in [0.25, 0.3) is 11.0 Å². The van der Waals surface area contributed by atoms with Gasteiger partial charge in [-0.3, -0.25) is 9.36 Å². The van der Waals surface area contributed by atoms with Gasteiger partial charge in [-0.1, -0.05) is 18.2 Å². The quantitative estimate of drug-likeness (QED) is 0.669. The van der Waals surface area contributed by atoms with Crippen LogP contribution in [0, 0.1) is 0 Å². The highest BCUT2D eigenvalue weighted by molar-refractivity contribution is 6.06. The van der Waals surface area contributed by atoms with Gasteiger partial charge >= 0.3 is 5.69 Å². The Morgan fingerprint density at radius 3 is 2.95 bits per heavy atom. The fourth-order valence-electron chi connectivity index (χ4n) is 1.94. The smallest absolute Gasteiger partial charge is 0.347 e. The first kappa shape index (κ1) is 11.4. The lowest BCUT2D eigenvalue weighted by molar-refractivity contribution is 0.0971. The van der Waals surface area contributed by atoms with Crippen molar-refractivity contribution in [2.24, 2.45) is 0 Å². The van der Waals surface area contributed by atoms with Gasteiger partial charge in [0.05, 0.1) is 12.1 Å². The molecule has 0 saturated heterocycles. The zero-order valence-electron chi connectivity index (χ0n) is 9.95. The molecule has 0 radical (unpaired) electrons. The molecule has 2 aromatic heterocycles. The van der Waals surface area contributed by atoms with Crippen LogP contribution < -0.4 is 5.69 Å². The summed E-state index contributed by atoms with van der Waals surface area (Å²) in [4.78, 5) is 27.3. The summed E-state index contributed by atoms with van der Waals surface area (Å²) in [5.74, 6) is -0.181. The summed E-state index contributed by atoms with van der Waals surface area (Å²) in [6.07, 6.45) is 4.36. The first-order valence-corrected chi connectivity index (χ1v) is 5.76. The molecule has 0 fully saturated rings. The molecule has 0 aliphatic heterocycles. The average molecular weight is 254 g/mol. The number of hydrogen-bond donors (Lipinski definition) is 0. The van der Waals surface area contributed by atoms with Crippen molar-refractivity contribution < 1.29 is 9.21 Å². The number of carbonyl (C=O) groups is 1. The highest BCUT2D eigenvalue weighted by atomic mass is 16.3. The number of para-hydroxylation sites is 1. The van der Waals surface area contributed by atoms with E-state index in [0.29, 0.717) is 11.1 Å². The summed E-state index contributed by atoms with van der Waals surface area (Å²) in [5, 5.41) is 0.754. The van der Waals surface area contributed by atoms with Crippen molar-refractivity contribution in [2.75, 3.05) is 0 Å². The lowest BCUT2D eigenvalue weighted by atomic mass is 10.1. The highest BCUT2D eigenvalue weighted by Crippen LogP contribution is 2.21. The van der Waals surface area contributed by atoms with Crippen LogP contribution in [-0.4, -0.2) is 15.3 Å². The molecular weight excluding hydrogens is 244 g/mol. The van der Waals surface area contributed by atoms with Crippen LogP contribution in [0.4, 0.5) is 0 Å². The maximum absolute atomic E-state index is 12.2. The number of fused-ring (bicyclic) bond motifs is 1. The first-order chi connectivity index (χ1) is 9.25. The van der Waals surface area contributed by atoms with E-state index >= 15 is 0 Å². The van der Waals surface area contributed by atoms with Crippen molar-refractivity contribution in [1.29, 1.82) is 0 Å². The molecule has 3 aromatic rings. The van der Waals surface area contributed by atoms with Crippen LogP contribution in [0.2, 0.25) is 0 Å². The van der Waals surface area contributed by atoms with Crippen LogP contribution in [0.5, 0.6) is 0 Å². The molecule has 5 heteroatoms. The Bertz CT molecular complexity index is 801. The molecule has 0 saturated carbocycles. The van der Waals surface area contributed by atoms with Gasteiger partial charge in [-0.15, -0.1) is 0 Å². The number of furan rings is 1. The molecule has 0 spiro atoms. The Labute approximate surface area is 108 Å². The van der Waals surface area contributed by atoms with E-state index in [4.69, 9.17) is 4.42 Å². The standard InChI is InChI=1S/C14H10N2O3/c17-12(8-16-7-3-6-15-14(16)18)11-9-19-13-5-2-1-4-10(11)13/h1-7,9H,8H2. The lowest BCUT2D eigenvalue weighted by Gasteiger charge is -2.01. The minimum atomic E-state index is -0.441. The predicted molar refractivity (Wildman–Crippen MR) is 69.0 cm³/mol. The van der Waals surface area contributed by atoms with E-state index in [9.17, 15) is 9.59 Å². The molecule has 0 amide bonds. The van der Waals surface area contributed by atoms with Crippen molar-refractivity contribution in [3.63, 3.8) is 0 Å². The van der Waals surface area contributed by atoms with Crippen molar-refractivity contribution >= 4 is 16.8 Å². The van der Waals surface area contributed by atoms with Crippen molar-refractivity contribution in [2.45, 2.75) is 6.54 Å². The van der Waals surface area contributed by atoms with E-state index in [-0.39, 0.29) is 12.3 Å². The Kier molecular flexibility index (Phi) is 2.72. The summed E-state index contributed by atoms with van der Waals surface area (Å²) in [6, 6.07) is 8.90. The van der Waals surface area contributed by atoms with Gasteiger partial charge in [0.25, 0.3) is 0 Å². The van der Waals surface area contributed by atoms with E-state index in [1.165, 1.54) is 23.2 Å². The van der Waals surface area contributed by atoms with Gasteiger partial charge in [-0.25, -0.2) is 9.78 Å². The number of nitrogens with zero attached hydrogens (tertiary/aromatic N) is 2. The summed E-state index contributed by atoms with van der Waals surface area (Å²) < 4.78 is 6.58. The summed E-state index contributed by atoms with van der Waals surface area (Å²) in [6.45, 7) is -0.0454. The molecule has 2 heterocycles. The topological polar surface area (TPSA) is 65.1 Å². The number of ketones is 1. The van der Waals surface area contributed by atoms with E-state index in [2.05, 4.69) is 4.98 Å². The van der Waals surface area contributed by atoms with Crippen LogP contribution >= 0.6 is 0 Å². The largest absolute Gasteiger partial charge is 0.464 e.